The molecule has 0 spiro atoms. The number of hydrogen-bond donors (Lipinski definition) is 1. The minimum atomic E-state index is -0.725. The maximum Gasteiger partial charge on any atom is 0.304 e. The van der Waals surface area contributed by atoms with Gasteiger partial charge in [0.05, 0.1) is 13.5 Å². The van der Waals surface area contributed by atoms with Crippen LogP contribution in [0.2, 0.25) is 0 Å². The second-order valence-electron chi connectivity index (χ2n) is 5.54. The summed E-state index contributed by atoms with van der Waals surface area (Å²) in [6, 6.07) is 8.64. The van der Waals surface area contributed by atoms with Crippen molar-refractivity contribution in [1.82, 2.24) is 4.90 Å². The highest BCUT2D eigenvalue weighted by atomic mass is 16.5. The van der Waals surface area contributed by atoms with Crippen LogP contribution in [0.3, 0.4) is 0 Å². The number of nitrogens with zero attached hydrogens (tertiary/aromatic N) is 2. The maximum absolute atomic E-state index is 10.6. The van der Waals surface area contributed by atoms with Crippen molar-refractivity contribution >= 4 is 11.7 Å². The molecular formula is C16H24N2O3. The summed E-state index contributed by atoms with van der Waals surface area (Å²) in [5.74, 6) is 0.152. The maximum atomic E-state index is 10.6. The third-order valence-electron chi connectivity index (χ3n) is 4.20. The molecule has 0 amide bonds. The summed E-state index contributed by atoms with van der Waals surface area (Å²) in [6.45, 7) is 2.64. The predicted octanol–water partition coefficient (Wildman–Crippen LogP) is 2.07. The highest BCUT2D eigenvalue weighted by Gasteiger charge is 2.22. The number of carboxylic acids is 1. The fraction of sp³-hybridized carbons (Fsp3) is 0.562. The van der Waals surface area contributed by atoms with Crippen molar-refractivity contribution in [2.24, 2.45) is 0 Å². The number of benzene rings is 1. The first kappa shape index (κ1) is 15.6. The van der Waals surface area contributed by atoms with E-state index in [0.717, 1.165) is 31.7 Å². The molecule has 2 rings (SSSR count). The molecule has 1 aliphatic rings. The molecule has 5 nitrogen and oxygen atoms in total. The van der Waals surface area contributed by atoms with E-state index in [1.807, 2.05) is 19.2 Å². The van der Waals surface area contributed by atoms with Gasteiger partial charge >= 0.3 is 5.97 Å². The van der Waals surface area contributed by atoms with Gasteiger partial charge in [-0.1, -0.05) is 0 Å². The number of methoxy groups -OCH3 is 1. The van der Waals surface area contributed by atoms with Crippen LogP contribution in [-0.4, -0.2) is 55.8 Å². The van der Waals surface area contributed by atoms with Crippen LogP contribution in [0.4, 0.5) is 5.69 Å². The topological polar surface area (TPSA) is 53.0 Å². The Balaban J connectivity index is 1.83. The molecule has 1 N–H and O–H groups in total. The molecule has 21 heavy (non-hydrogen) atoms. The second-order valence-corrected chi connectivity index (χ2v) is 5.54. The van der Waals surface area contributed by atoms with Crippen molar-refractivity contribution in [1.29, 1.82) is 0 Å². The van der Waals surface area contributed by atoms with Crippen LogP contribution in [0.15, 0.2) is 24.3 Å². The lowest BCUT2D eigenvalue weighted by atomic mass is 10.0. The molecule has 1 aromatic rings. The molecule has 1 fully saturated rings. The number of rotatable bonds is 6. The minimum absolute atomic E-state index is 0.217. The Kier molecular flexibility index (Phi) is 5.44. The number of ether oxygens (including phenoxy) is 1. The minimum Gasteiger partial charge on any atom is -0.497 e. The Hall–Kier alpha value is -1.75. The highest BCUT2D eigenvalue weighted by Crippen LogP contribution is 2.24. The van der Waals surface area contributed by atoms with Crippen molar-refractivity contribution in [3.63, 3.8) is 0 Å². The quantitative estimate of drug-likeness (QED) is 0.870. The normalized spacial score (nSPS) is 16.2. The molecule has 0 saturated carbocycles. The molecule has 1 aromatic carbocycles. The van der Waals surface area contributed by atoms with Gasteiger partial charge in [0.1, 0.15) is 5.75 Å². The van der Waals surface area contributed by atoms with Gasteiger partial charge in [0, 0.05) is 31.4 Å². The van der Waals surface area contributed by atoms with Crippen LogP contribution in [-0.2, 0) is 4.79 Å². The first-order valence-corrected chi connectivity index (χ1v) is 7.41. The number of aliphatic carboxylic acids is 1. The molecule has 0 unspecified atom stereocenters. The smallest absolute Gasteiger partial charge is 0.304 e. The molecule has 1 heterocycles. The lowest BCUT2D eigenvalue weighted by Crippen LogP contribution is -2.44. The predicted molar refractivity (Wildman–Crippen MR) is 83.1 cm³/mol. The number of piperidine rings is 1. The molecule has 0 atom stereocenters. The van der Waals surface area contributed by atoms with Gasteiger partial charge in [-0.15, -0.1) is 0 Å². The van der Waals surface area contributed by atoms with Gasteiger partial charge < -0.3 is 19.6 Å². The molecule has 1 aliphatic heterocycles. The van der Waals surface area contributed by atoms with Crippen LogP contribution in [0.1, 0.15) is 19.3 Å². The van der Waals surface area contributed by atoms with Gasteiger partial charge in [0.25, 0.3) is 0 Å². The number of anilines is 1. The van der Waals surface area contributed by atoms with Crippen molar-refractivity contribution in [2.45, 2.75) is 25.3 Å². The highest BCUT2D eigenvalue weighted by molar-refractivity contribution is 5.66. The Morgan fingerprint density at radius 2 is 1.95 bits per heavy atom. The Morgan fingerprint density at radius 3 is 2.48 bits per heavy atom. The van der Waals surface area contributed by atoms with Crippen LogP contribution in [0.5, 0.6) is 5.75 Å². The SMILES string of the molecule is COc1ccc(N2CCC(N(C)CCC(=O)O)CC2)cc1. The van der Waals surface area contributed by atoms with E-state index in [9.17, 15) is 4.79 Å². The lowest BCUT2D eigenvalue weighted by molar-refractivity contribution is -0.137. The summed E-state index contributed by atoms with van der Waals surface area (Å²) >= 11 is 0. The number of carboxylic acid groups (broad SMARTS) is 1. The van der Waals surface area contributed by atoms with Gasteiger partial charge in [0.15, 0.2) is 0 Å². The van der Waals surface area contributed by atoms with E-state index in [0.29, 0.717) is 12.6 Å². The zero-order valence-electron chi connectivity index (χ0n) is 12.8. The summed E-state index contributed by atoms with van der Waals surface area (Å²) in [7, 11) is 3.70. The second kappa shape index (κ2) is 7.31. The first-order chi connectivity index (χ1) is 10.1. The molecule has 5 heteroatoms. The summed E-state index contributed by atoms with van der Waals surface area (Å²) < 4.78 is 5.18. The fourth-order valence-corrected chi connectivity index (χ4v) is 2.81. The molecule has 116 valence electrons. The van der Waals surface area contributed by atoms with E-state index in [1.165, 1.54) is 5.69 Å². The number of carbonyl (C=O) groups is 1. The fourth-order valence-electron chi connectivity index (χ4n) is 2.81. The van der Waals surface area contributed by atoms with Crippen LogP contribution in [0.25, 0.3) is 0 Å². The van der Waals surface area contributed by atoms with E-state index in [1.54, 1.807) is 7.11 Å². The Bertz CT molecular complexity index is 453. The third-order valence-corrected chi connectivity index (χ3v) is 4.20. The van der Waals surface area contributed by atoms with Gasteiger partial charge in [-0.05, 0) is 44.2 Å². The molecular weight excluding hydrogens is 268 g/mol. The molecule has 1 saturated heterocycles. The summed E-state index contributed by atoms with van der Waals surface area (Å²) in [5, 5.41) is 8.75. The summed E-state index contributed by atoms with van der Waals surface area (Å²) in [4.78, 5) is 15.2. The molecule has 0 bridgehead atoms. The van der Waals surface area contributed by atoms with Crippen molar-refractivity contribution in [3.8, 4) is 5.75 Å². The van der Waals surface area contributed by atoms with Crippen LogP contribution >= 0.6 is 0 Å². The van der Waals surface area contributed by atoms with Gasteiger partial charge in [-0.2, -0.15) is 0 Å². The Morgan fingerprint density at radius 1 is 1.33 bits per heavy atom. The molecule has 0 radical (unpaired) electrons. The first-order valence-electron chi connectivity index (χ1n) is 7.41. The van der Waals surface area contributed by atoms with Gasteiger partial charge in [0.2, 0.25) is 0 Å². The van der Waals surface area contributed by atoms with Gasteiger partial charge in [-0.25, -0.2) is 0 Å². The monoisotopic (exact) mass is 292 g/mol. The van der Waals surface area contributed by atoms with Crippen LogP contribution in [0, 0.1) is 0 Å². The third kappa shape index (κ3) is 4.36. The van der Waals surface area contributed by atoms with E-state index < -0.39 is 5.97 Å². The van der Waals surface area contributed by atoms with E-state index in [-0.39, 0.29) is 6.42 Å². The average molecular weight is 292 g/mol. The largest absolute Gasteiger partial charge is 0.497 e. The zero-order valence-corrected chi connectivity index (χ0v) is 12.8. The van der Waals surface area contributed by atoms with Crippen molar-refractivity contribution in [3.05, 3.63) is 24.3 Å². The van der Waals surface area contributed by atoms with Crippen molar-refractivity contribution in [2.75, 3.05) is 38.7 Å². The van der Waals surface area contributed by atoms with Crippen LogP contribution < -0.4 is 9.64 Å². The molecule has 0 aromatic heterocycles. The summed E-state index contributed by atoms with van der Waals surface area (Å²) in [6.07, 6.45) is 2.36. The van der Waals surface area contributed by atoms with E-state index in [2.05, 4.69) is 21.9 Å². The van der Waals surface area contributed by atoms with E-state index in [4.69, 9.17) is 9.84 Å². The van der Waals surface area contributed by atoms with Gasteiger partial charge in [-0.3, -0.25) is 4.79 Å². The lowest BCUT2D eigenvalue weighted by Gasteiger charge is -2.37. The Labute approximate surface area is 126 Å². The standard InChI is InChI=1S/C16H24N2O3/c1-17(10-9-16(19)20)13-7-11-18(12-8-13)14-3-5-15(21-2)6-4-14/h3-6,13H,7-12H2,1-2H3,(H,19,20). The number of hydrogen-bond acceptors (Lipinski definition) is 4. The average Bonchev–Trinajstić information content (AvgIpc) is 2.53. The summed E-state index contributed by atoms with van der Waals surface area (Å²) in [5.41, 5.74) is 1.22. The zero-order chi connectivity index (χ0) is 15.2. The van der Waals surface area contributed by atoms with E-state index >= 15 is 0 Å². The van der Waals surface area contributed by atoms with Crippen molar-refractivity contribution < 1.29 is 14.6 Å². The molecule has 0 aliphatic carbocycles.